The Hall–Kier alpha value is -2.47. The van der Waals surface area contributed by atoms with Crippen LogP contribution in [0.4, 0.5) is 10.6 Å². The first-order chi connectivity index (χ1) is 15.2. The lowest BCUT2D eigenvalue weighted by Crippen LogP contribution is -2.34. The predicted octanol–water partition coefficient (Wildman–Crippen LogP) is 2.18. The fourth-order valence-electron chi connectivity index (χ4n) is 3.55. The third-order valence-corrected chi connectivity index (χ3v) is 6.03. The van der Waals surface area contributed by atoms with Crippen LogP contribution in [0.2, 0.25) is 10.0 Å². The van der Waals surface area contributed by atoms with Crippen molar-refractivity contribution in [1.82, 2.24) is 19.4 Å². The maximum absolute atomic E-state index is 12.0. The van der Waals surface area contributed by atoms with Gasteiger partial charge in [0.15, 0.2) is 6.23 Å². The van der Waals surface area contributed by atoms with Crippen molar-refractivity contribution in [3.05, 3.63) is 52.4 Å². The van der Waals surface area contributed by atoms with Crippen molar-refractivity contribution < 1.29 is 24.9 Å². The van der Waals surface area contributed by atoms with E-state index in [1.54, 1.807) is 32.4 Å². The Kier molecular flexibility index (Phi) is 6.26. The van der Waals surface area contributed by atoms with E-state index in [0.717, 1.165) is 0 Å². The average molecular weight is 482 g/mol. The number of aromatic nitrogens is 3. The van der Waals surface area contributed by atoms with Gasteiger partial charge in [-0.25, -0.2) is 14.8 Å². The summed E-state index contributed by atoms with van der Waals surface area (Å²) in [6, 6.07) is 5.86. The number of rotatable bonds is 4. The molecule has 0 radical (unpaired) electrons. The minimum atomic E-state index is -1.39. The van der Waals surface area contributed by atoms with E-state index in [4.69, 9.17) is 27.9 Å². The van der Waals surface area contributed by atoms with Gasteiger partial charge < -0.3 is 29.5 Å². The predicted molar refractivity (Wildman–Crippen MR) is 118 cm³/mol. The summed E-state index contributed by atoms with van der Waals surface area (Å²) in [4.78, 5) is 21.7. The number of benzene rings is 1. The number of carbonyl (C=O) groups is 1. The molecule has 1 aliphatic heterocycles. The maximum atomic E-state index is 12.0. The lowest BCUT2D eigenvalue weighted by molar-refractivity contribution is -0.0848. The highest BCUT2D eigenvalue weighted by molar-refractivity contribution is 6.42. The van der Waals surface area contributed by atoms with Crippen LogP contribution in [0.3, 0.4) is 0 Å². The SMILES string of the molecule is CN(C)C(=O)Nc1ncnc2c1ccn2[C@@H]1O[C@H](C(O)c2ccc(Cl)c(Cl)c2)[C@@H](O)[C@H]1O. The second-order valence-corrected chi connectivity index (χ2v) is 8.41. The van der Waals surface area contributed by atoms with Crippen molar-refractivity contribution in [1.29, 1.82) is 0 Å². The number of hydrogen-bond acceptors (Lipinski definition) is 7. The standard InChI is InChI=1S/C20H21Cl2N5O5/c1-26(2)20(31)25-17-10-5-6-27(18(10)24-8-23-17)19-15(30)14(29)16(32-19)13(28)9-3-4-11(21)12(22)7-9/h3-8,13-16,19,28-30H,1-2H3,(H,23,24,25,31)/t13?,14-,15+,16+,19+/m0/s1. The lowest BCUT2D eigenvalue weighted by Gasteiger charge is -2.21. The van der Waals surface area contributed by atoms with Crippen molar-refractivity contribution in [2.45, 2.75) is 30.6 Å². The van der Waals surface area contributed by atoms with Gasteiger partial charge in [0.05, 0.1) is 15.4 Å². The minimum absolute atomic E-state index is 0.244. The number of amides is 2. The van der Waals surface area contributed by atoms with Gasteiger partial charge >= 0.3 is 6.03 Å². The summed E-state index contributed by atoms with van der Waals surface area (Å²) in [6.45, 7) is 0. The molecule has 10 nitrogen and oxygen atoms in total. The molecule has 1 fully saturated rings. The smallest absolute Gasteiger partial charge is 0.322 e. The number of aliphatic hydroxyl groups is 3. The van der Waals surface area contributed by atoms with Gasteiger partial charge in [-0.05, 0) is 23.8 Å². The molecule has 0 bridgehead atoms. The number of nitrogens with one attached hydrogen (secondary N) is 1. The molecule has 3 aromatic rings. The Labute approximate surface area is 193 Å². The van der Waals surface area contributed by atoms with Crippen LogP contribution in [-0.4, -0.2) is 73.2 Å². The van der Waals surface area contributed by atoms with Crippen molar-refractivity contribution in [3.8, 4) is 0 Å². The van der Waals surface area contributed by atoms with Crippen LogP contribution in [0.5, 0.6) is 0 Å². The molecule has 0 spiro atoms. The van der Waals surface area contributed by atoms with Crippen molar-refractivity contribution in [2.75, 3.05) is 19.4 Å². The van der Waals surface area contributed by atoms with Gasteiger partial charge in [0.25, 0.3) is 0 Å². The zero-order valence-electron chi connectivity index (χ0n) is 17.1. The Morgan fingerprint density at radius 2 is 1.94 bits per heavy atom. The van der Waals surface area contributed by atoms with Crippen LogP contribution in [0, 0.1) is 0 Å². The molecule has 1 unspecified atom stereocenters. The minimum Gasteiger partial charge on any atom is -0.387 e. The molecule has 32 heavy (non-hydrogen) atoms. The van der Waals surface area contributed by atoms with E-state index in [1.165, 1.54) is 27.9 Å². The van der Waals surface area contributed by atoms with Crippen molar-refractivity contribution >= 4 is 46.1 Å². The molecule has 170 valence electrons. The number of aliphatic hydroxyl groups excluding tert-OH is 3. The van der Waals surface area contributed by atoms with Gasteiger partial charge in [0, 0.05) is 20.3 Å². The van der Waals surface area contributed by atoms with E-state index >= 15 is 0 Å². The van der Waals surface area contributed by atoms with Crippen molar-refractivity contribution in [2.24, 2.45) is 0 Å². The van der Waals surface area contributed by atoms with E-state index in [9.17, 15) is 20.1 Å². The van der Waals surface area contributed by atoms with Crippen molar-refractivity contribution in [3.63, 3.8) is 0 Å². The fraction of sp³-hybridized carbons (Fsp3) is 0.350. The molecule has 2 amide bonds. The van der Waals surface area contributed by atoms with Crippen LogP contribution < -0.4 is 5.32 Å². The van der Waals surface area contributed by atoms with Gasteiger partial charge in [-0.15, -0.1) is 0 Å². The summed E-state index contributed by atoms with van der Waals surface area (Å²) in [5, 5.41) is 35.8. The number of hydrogen-bond donors (Lipinski definition) is 4. The molecule has 5 atom stereocenters. The fourth-order valence-corrected chi connectivity index (χ4v) is 3.86. The quantitative estimate of drug-likeness (QED) is 0.448. The van der Waals surface area contributed by atoms with Gasteiger partial charge in [-0.2, -0.15) is 0 Å². The summed E-state index contributed by atoms with van der Waals surface area (Å²) < 4.78 is 7.38. The van der Waals surface area contributed by atoms with E-state index < -0.39 is 30.6 Å². The number of anilines is 1. The van der Waals surface area contributed by atoms with Crippen LogP contribution in [0.25, 0.3) is 11.0 Å². The molecule has 1 saturated heterocycles. The van der Waals surface area contributed by atoms with E-state index in [1.807, 2.05) is 0 Å². The topological polar surface area (TPSA) is 133 Å². The Morgan fingerprint density at radius 1 is 1.19 bits per heavy atom. The first-order valence-corrected chi connectivity index (χ1v) is 10.4. The Bertz CT molecular complexity index is 1160. The van der Waals surface area contributed by atoms with E-state index in [0.29, 0.717) is 21.6 Å². The van der Waals surface area contributed by atoms with E-state index in [-0.39, 0.29) is 16.9 Å². The summed E-state index contributed by atoms with van der Waals surface area (Å²) >= 11 is 12.0. The molecule has 2 aromatic heterocycles. The van der Waals surface area contributed by atoms with E-state index in [2.05, 4.69) is 15.3 Å². The average Bonchev–Trinajstić information content (AvgIpc) is 3.31. The first-order valence-electron chi connectivity index (χ1n) is 9.63. The summed E-state index contributed by atoms with van der Waals surface area (Å²) in [5.74, 6) is 0.285. The highest BCUT2D eigenvalue weighted by Gasteiger charge is 2.47. The van der Waals surface area contributed by atoms with Crippen LogP contribution in [0.15, 0.2) is 36.8 Å². The number of ether oxygens (including phenoxy) is 1. The molecule has 1 aliphatic rings. The number of carbonyl (C=O) groups excluding carboxylic acids is 1. The molecule has 1 aromatic carbocycles. The Morgan fingerprint density at radius 3 is 2.62 bits per heavy atom. The first kappa shape index (κ1) is 22.7. The molecule has 4 N–H and O–H groups in total. The van der Waals surface area contributed by atoms with Gasteiger partial charge in [-0.3, -0.25) is 5.32 Å². The molecule has 4 rings (SSSR count). The number of nitrogens with zero attached hydrogens (tertiary/aromatic N) is 4. The largest absolute Gasteiger partial charge is 0.387 e. The summed E-state index contributed by atoms with van der Waals surface area (Å²) in [7, 11) is 3.20. The summed E-state index contributed by atoms with van der Waals surface area (Å²) in [5.41, 5.74) is 0.750. The second kappa shape index (κ2) is 8.81. The molecule has 3 heterocycles. The Balaban J connectivity index is 1.63. The third-order valence-electron chi connectivity index (χ3n) is 5.29. The third kappa shape index (κ3) is 4.01. The molecule has 12 heteroatoms. The maximum Gasteiger partial charge on any atom is 0.322 e. The number of fused-ring (bicyclic) bond motifs is 1. The van der Waals surface area contributed by atoms with Crippen LogP contribution in [-0.2, 0) is 4.74 Å². The normalized spacial score (nSPS) is 24.0. The van der Waals surface area contributed by atoms with Gasteiger partial charge in [0.2, 0.25) is 0 Å². The molecule has 0 saturated carbocycles. The molecular formula is C20H21Cl2N5O5. The second-order valence-electron chi connectivity index (χ2n) is 7.60. The number of urea groups is 1. The van der Waals surface area contributed by atoms with Crippen LogP contribution in [0.1, 0.15) is 17.9 Å². The van der Waals surface area contributed by atoms with Gasteiger partial charge in [0.1, 0.15) is 42.2 Å². The zero-order valence-corrected chi connectivity index (χ0v) is 18.6. The molecular weight excluding hydrogens is 461 g/mol. The zero-order chi connectivity index (χ0) is 23.2. The molecule has 0 aliphatic carbocycles. The lowest BCUT2D eigenvalue weighted by atomic mass is 9.99. The summed E-state index contributed by atoms with van der Waals surface area (Å²) in [6.07, 6.45) is -3.34. The van der Waals surface area contributed by atoms with Gasteiger partial charge in [-0.1, -0.05) is 29.3 Å². The number of halogens is 2. The van der Waals surface area contributed by atoms with Crippen LogP contribution >= 0.6 is 23.2 Å². The highest BCUT2D eigenvalue weighted by Crippen LogP contribution is 2.38. The highest BCUT2D eigenvalue weighted by atomic mass is 35.5. The monoisotopic (exact) mass is 481 g/mol.